The van der Waals surface area contributed by atoms with E-state index in [2.05, 4.69) is 15.8 Å². The number of amides is 2. The van der Waals surface area contributed by atoms with Crippen LogP contribution in [0.25, 0.3) is 0 Å². The molecule has 0 aliphatic carbocycles. The number of para-hydroxylation sites is 2. The van der Waals surface area contributed by atoms with Gasteiger partial charge in [0.15, 0.2) is 11.5 Å². The normalized spacial score (nSPS) is 10.6. The second-order valence-corrected chi connectivity index (χ2v) is 7.34. The Morgan fingerprint density at radius 1 is 0.941 bits per heavy atom. The van der Waals surface area contributed by atoms with Crippen molar-refractivity contribution in [3.8, 4) is 17.2 Å². The Labute approximate surface area is 202 Å². The summed E-state index contributed by atoms with van der Waals surface area (Å²) < 4.78 is 16.7. The number of hydrazone groups is 1. The van der Waals surface area contributed by atoms with Gasteiger partial charge in [-0.2, -0.15) is 5.10 Å². The van der Waals surface area contributed by atoms with E-state index in [1.807, 2.05) is 19.1 Å². The molecule has 0 saturated carbocycles. The van der Waals surface area contributed by atoms with Gasteiger partial charge in [0, 0.05) is 5.02 Å². The van der Waals surface area contributed by atoms with Gasteiger partial charge in [-0.3, -0.25) is 9.59 Å². The number of methoxy groups -OCH3 is 1. The van der Waals surface area contributed by atoms with E-state index in [1.165, 1.54) is 13.3 Å². The molecule has 9 heteroatoms. The molecular formula is C25H24ClN3O5. The summed E-state index contributed by atoms with van der Waals surface area (Å²) >= 11 is 5.91. The molecule has 0 aliphatic rings. The van der Waals surface area contributed by atoms with Gasteiger partial charge in [-0.15, -0.1) is 0 Å². The van der Waals surface area contributed by atoms with Crippen molar-refractivity contribution in [2.75, 3.05) is 19.0 Å². The van der Waals surface area contributed by atoms with Gasteiger partial charge in [0.2, 0.25) is 0 Å². The lowest BCUT2D eigenvalue weighted by atomic mass is 10.2. The quantitative estimate of drug-likeness (QED) is 0.268. The van der Waals surface area contributed by atoms with E-state index >= 15 is 0 Å². The number of benzene rings is 3. The van der Waals surface area contributed by atoms with Gasteiger partial charge >= 0.3 is 11.8 Å². The van der Waals surface area contributed by atoms with Crippen molar-refractivity contribution < 1.29 is 23.8 Å². The first kappa shape index (κ1) is 24.6. The number of halogens is 1. The number of nitrogens with zero attached hydrogens (tertiary/aromatic N) is 1. The molecular weight excluding hydrogens is 458 g/mol. The molecule has 0 aliphatic heterocycles. The second-order valence-electron chi connectivity index (χ2n) is 6.91. The van der Waals surface area contributed by atoms with Gasteiger partial charge in [-0.25, -0.2) is 5.43 Å². The summed E-state index contributed by atoms with van der Waals surface area (Å²) in [5.41, 5.74) is 4.19. The highest BCUT2D eigenvalue weighted by atomic mass is 35.5. The third kappa shape index (κ3) is 6.98. The van der Waals surface area contributed by atoms with E-state index in [1.54, 1.807) is 54.6 Å². The summed E-state index contributed by atoms with van der Waals surface area (Å²) in [5, 5.41) is 6.99. The molecule has 3 aromatic carbocycles. The molecule has 3 aromatic rings. The molecule has 0 aromatic heterocycles. The van der Waals surface area contributed by atoms with E-state index in [-0.39, 0.29) is 0 Å². The van der Waals surface area contributed by atoms with Crippen LogP contribution in [0, 0.1) is 0 Å². The highest BCUT2D eigenvalue weighted by molar-refractivity contribution is 6.39. The fraction of sp³-hybridized carbons (Fsp3) is 0.160. The number of anilines is 1. The van der Waals surface area contributed by atoms with Crippen molar-refractivity contribution in [2.24, 2.45) is 5.10 Å². The van der Waals surface area contributed by atoms with Crippen LogP contribution in [0.3, 0.4) is 0 Å². The van der Waals surface area contributed by atoms with Crippen LogP contribution < -0.4 is 25.0 Å². The average Bonchev–Trinajstić information content (AvgIpc) is 2.85. The molecule has 3 rings (SSSR count). The number of carbonyl (C=O) groups is 2. The van der Waals surface area contributed by atoms with E-state index < -0.39 is 11.8 Å². The monoisotopic (exact) mass is 481 g/mol. The number of ether oxygens (including phenoxy) is 3. The van der Waals surface area contributed by atoms with Crippen LogP contribution in [0.4, 0.5) is 5.69 Å². The third-order valence-corrected chi connectivity index (χ3v) is 4.77. The minimum atomic E-state index is -0.921. The lowest BCUT2D eigenvalue weighted by molar-refractivity contribution is -0.136. The molecule has 0 bridgehead atoms. The molecule has 0 heterocycles. The van der Waals surface area contributed by atoms with Crippen molar-refractivity contribution in [1.82, 2.24) is 5.43 Å². The number of rotatable bonds is 9. The molecule has 0 radical (unpaired) electrons. The summed E-state index contributed by atoms with van der Waals surface area (Å²) in [4.78, 5) is 24.2. The Bertz CT molecular complexity index is 1170. The molecule has 0 atom stereocenters. The molecule has 176 valence electrons. The number of hydrogen-bond acceptors (Lipinski definition) is 6. The Morgan fingerprint density at radius 3 is 2.44 bits per heavy atom. The molecule has 2 N–H and O–H groups in total. The van der Waals surface area contributed by atoms with Gasteiger partial charge in [0.1, 0.15) is 12.4 Å². The summed E-state index contributed by atoms with van der Waals surface area (Å²) in [6.07, 6.45) is 1.40. The maximum absolute atomic E-state index is 12.1. The highest BCUT2D eigenvalue weighted by Crippen LogP contribution is 2.29. The van der Waals surface area contributed by atoms with E-state index in [0.717, 1.165) is 5.56 Å². The van der Waals surface area contributed by atoms with Crippen LogP contribution in [-0.2, 0) is 16.2 Å². The Morgan fingerprint density at radius 2 is 1.71 bits per heavy atom. The molecule has 8 nitrogen and oxygen atoms in total. The summed E-state index contributed by atoms with van der Waals surface area (Å²) in [5.74, 6) is -0.262. The van der Waals surface area contributed by atoms with Gasteiger partial charge in [0.25, 0.3) is 0 Å². The Kier molecular flexibility index (Phi) is 8.88. The Balaban J connectivity index is 1.60. The third-order valence-electron chi connectivity index (χ3n) is 4.52. The minimum Gasteiger partial charge on any atom is -0.495 e. The lowest BCUT2D eigenvalue weighted by Crippen LogP contribution is -2.32. The van der Waals surface area contributed by atoms with Crippen LogP contribution in [0.1, 0.15) is 18.1 Å². The lowest BCUT2D eigenvalue weighted by Gasteiger charge is -2.12. The van der Waals surface area contributed by atoms with Gasteiger partial charge in [-0.1, -0.05) is 35.9 Å². The largest absolute Gasteiger partial charge is 0.495 e. The zero-order valence-electron chi connectivity index (χ0n) is 18.7. The van der Waals surface area contributed by atoms with Crippen LogP contribution in [0.2, 0.25) is 5.02 Å². The standard InChI is InChI=1S/C25H24ClN3O5/c1-3-33-23-14-18(10-13-22(23)34-16-17-8-11-19(26)12-9-17)15-27-29-25(31)24(30)28-20-6-4-5-7-21(20)32-2/h4-15H,3,16H2,1-2H3,(H,28,30)(H,29,31)/b27-15-. The van der Waals surface area contributed by atoms with Crippen molar-refractivity contribution in [3.63, 3.8) is 0 Å². The molecule has 2 amide bonds. The molecule has 0 fully saturated rings. The fourth-order valence-corrected chi connectivity index (χ4v) is 3.00. The number of carbonyl (C=O) groups excluding carboxylic acids is 2. The maximum Gasteiger partial charge on any atom is 0.329 e. The summed E-state index contributed by atoms with van der Waals surface area (Å²) in [6, 6.07) is 19.4. The average molecular weight is 482 g/mol. The smallest absolute Gasteiger partial charge is 0.329 e. The van der Waals surface area contributed by atoms with Crippen molar-refractivity contribution in [2.45, 2.75) is 13.5 Å². The van der Waals surface area contributed by atoms with Crippen LogP contribution in [0.15, 0.2) is 71.8 Å². The topological polar surface area (TPSA) is 98.2 Å². The number of hydrogen-bond donors (Lipinski definition) is 2. The molecule has 0 saturated heterocycles. The zero-order chi connectivity index (χ0) is 24.3. The highest BCUT2D eigenvalue weighted by Gasteiger charge is 2.15. The molecule has 0 spiro atoms. The first-order chi connectivity index (χ1) is 16.5. The van der Waals surface area contributed by atoms with E-state index in [9.17, 15) is 9.59 Å². The molecule has 34 heavy (non-hydrogen) atoms. The van der Waals surface area contributed by atoms with Crippen LogP contribution >= 0.6 is 11.6 Å². The maximum atomic E-state index is 12.1. The van der Waals surface area contributed by atoms with Gasteiger partial charge in [-0.05, 0) is 60.5 Å². The predicted octanol–water partition coefficient (Wildman–Crippen LogP) is 4.42. The van der Waals surface area contributed by atoms with Crippen LogP contribution in [0.5, 0.6) is 17.2 Å². The predicted molar refractivity (Wildman–Crippen MR) is 131 cm³/mol. The van der Waals surface area contributed by atoms with Crippen molar-refractivity contribution >= 4 is 35.3 Å². The SMILES string of the molecule is CCOc1cc(/C=N\NC(=O)C(=O)Nc2ccccc2OC)ccc1OCc1ccc(Cl)cc1. The van der Waals surface area contributed by atoms with Crippen LogP contribution in [-0.4, -0.2) is 31.7 Å². The molecule has 0 unspecified atom stereocenters. The minimum absolute atomic E-state index is 0.349. The summed E-state index contributed by atoms with van der Waals surface area (Å²) in [6.45, 7) is 2.66. The first-order valence-corrected chi connectivity index (χ1v) is 10.8. The van der Waals surface area contributed by atoms with Gasteiger partial charge in [0.05, 0.1) is 25.6 Å². The van der Waals surface area contributed by atoms with Crippen molar-refractivity contribution in [1.29, 1.82) is 0 Å². The first-order valence-electron chi connectivity index (χ1n) is 10.4. The van der Waals surface area contributed by atoms with E-state index in [0.29, 0.717) is 46.7 Å². The zero-order valence-corrected chi connectivity index (χ0v) is 19.5. The fourth-order valence-electron chi connectivity index (χ4n) is 2.88. The Hall–Kier alpha value is -4.04. The van der Waals surface area contributed by atoms with Gasteiger partial charge < -0.3 is 19.5 Å². The van der Waals surface area contributed by atoms with E-state index in [4.69, 9.17) is 25.8 Å². The second kappa shape index (κ2) is 12.3. The van der Waals surface area contributed by atoms with Crippen molar-refractivity contribution in [3.05, 3.63) is 82.9 Å². The number of nitrogens with one attached hydrogen (secondary N) is 2. The summed E-state index contributed by atoms with van der Waals surface area (Å²) in [7, 11) is 1.47.